The van der Waals surface area contributed by atoms with Gasteiger partial charge in [-0.05, 0) is 49.6 Å². The van der Waals surface area contributed by atoms with E-state index in [-0.39, 0.29) is 5.91 Å². The lowest BCUT2D eigenvalue weighted by Crippen LogP contribution is -2.36. The molecule has 0 aromatic heterocycles. The van der Waals surface area contributed by atoms with Crippen LogP contribution in [0.4, 0.5) is 11.4 Å². The number of carbonyl (C=O) groups excluding carboxylic acids is 2. The highest BCUT2D eigenvalue weighted by atomic mass is 35.5. The van der Waals surface area contributed by atoms with Crippen molar-refractivity contribution in [1.29, 1.82) is 0 Å². The van der Waals surface area contributed by atoms with Gasteiger partial charge in [-0.15, -0.1) is 0 Å². The molecule has 0 radical (unpaired) electrons. The van der Waals surface area contributed by atoms with Crippen LogP contribution in [-0.2, 0) is 9.59 Å². The van der Waals surface area contributed by atoms with E-state index < -0.39 is 11.3 Å². The summed E-state index contributed by atoms with van der Waals surface area (Å²) in [6.07, 6.45) is 0.929. The second-order valence-corrected chi connectivity index (χ2v) is 7.30. The number of hydrogen-bond donors (Lipinski definition) is 2. The van der Waals surface area contributed by atoms with Gasteiger partial charge in [0, 0.05) is 10.7 Å². The molecular weight excluding hydrogens is 383 g/mol. The number of hydrogen-bond acceptors (Lipinski definition) is 2. The minimum atomic E-state index is -1.11. The SMILES string of the molecule is Cc1ccc(Cl)cc1NC(=O)C1(C(=O)Nc2c(Cl)cccc2Cl)CC1. The Morgan fingerprint density at radius 1 is 0.960 bits per heavy atom. The van der Waals surface area contributed by atoms with Crippen LogP contribution >= 0.6 is 34.8 Å². The van der Waals surface area contributed by atoms with Gasteiger partial charge in [0.25, 0.3) is 0 Å². The third-order valence-corrected chi connectivity index (χ3v) is 5.13. The van der Waals surface area contributed by atoms with Gasteiger partial charge in [-0.2, -0.15) is 0 Å². The molecular formula is C18H15Cl3N2O2. The first-order valence-electron chi connectivity index (χ1n) is 7.66. The summed E-state index contributed by atoms with van der Waals surface area (Å²) in [4.78, 5) is 25.4. The van der Waals surface area contributed by atoms with Crippen molar-refractivity contribution in [2.75, 3.05) is 10.6 Å². The second kappa shape index (κ2) is 6.87. The van der Waals surface area contributed by atoms with E-state index in [1.807, 2.05) is 6.92 Å². The first-order valence-corrected chi connectivity index (χ1v) is 8.80. The maximum atomic E-state index is 12.7. The van der Waals surface area contributed by atoms with Crippen molar-refractivity contribution in [3.05, 3.63) is 57.0 Å². The van der Waals surface area contributed by atoms with Gasteiger partial charge in [0.05, 0.1) is 15.7 Å². The summed E-state index contributed by atoms with van der Waals surface area (Å²) in [5.74, 6) is -0.779. The van der Waals surface area contributed by atoms with E-state index in [4.69, 9.17) is 34.8 Å². The predicted molar refractivity (Wildman–Crippen MR) is 102 cm³/mol. The first-order chi connectivity index (χ1) is 11.8. The Labute approximate surface area is 160 Å². The molecule has 2 aromatic carbocycles. The molecule has 2 aromatic rings. The number of halogens is 3. The van der Waals surface area contributed by atoms with Crippen LogP contribution in [0.1, 0.15) is 18.4 Å². The van der Waals surface area contributed by atoms with E-state index >= 15 is 0 Å². The van der Waals surface area contributed by atoms with E-state index in [9.17, 15) is 9.59 Å². The molecule has 1 fully saturated rings. The second-order valence-electron chi connectivity index (χ2n) is 6.05. The third kappa shape index (κ3) is 3.61. The van der Waals surface area contributed by atoms with Crippen molar-refractivity contribution < 1.29 is 9.59 Å². The van der Waals surface area contributed by atoms with Crippen molar-refractivity contribution in [3.63, 3.8) is 0 Å². The Bertz CT molecular complexity index is 843. The molecule has 7 heteroatoms. The Kier molecular flexibility index (Phi) is 4.96. The number of amides is 2. The predicted octanol–water partition coefficient (Wildman–Crippen LogP) is 5.31. The highest BCUT2D eigenvalue weighted by molar-refractivity contribution is 6.40. The van der Waals surface area contributed by atoms with Crippen LogP contribution in [0.2, 0.25) is 15.1 Å². The van der Waals surface area contributed by atoms with Crippen molar-refractivity contribution in [2.24, 2.45) is 5.41 Å². The molecule has 25 heavy (non-hydrogen) atoms. The van der Waals surface area contributed by atoms with Crippen molar-refractivity contribution >= 4 is 58.0 Å². The number of rotatable bonds is 4. The quantitative estimate of drug-likeness (QED) is 0.687. The highest BCUT2D eigenvalue weighted by Crippen LogP contribution is 2.48. The van der Waals surface area contributed by atoms with Crippen molar-refractivity contribution in [3.8, 4) is 0 Å². The molecule has 3 rings (SSSR count). The molecule has 2 amide bonds. The van der Waals surface area contributed by atoms with Gasteiger partial charge in [-0.3, -0.25) is 9.59 Å². The lowest BCUT2D eigenvalue weighted by Gasteiger charge is -2.17. The average molecular weight is 398 g/mol. The third-order valence-electron chi connectivity index (χ3n) is 4.27. The lowest BCUT2D eigenvalue weighted by atomic mass is 10.0. The lowest BCUT2D eigenvalue weighted by molar-refractivity contribution is -0.131. The summed E-state index contributed by atoms with van der Waals surface area (Å²) in [6.45, 7) is 1.86. The Morgan fingerprint density at radius 3 is 2.16 bits per heavy atom. The monoisotopic (exact) mass is 396 g/mol. The molecule has 0 saturated heterocycles. The molecule has 0 unspecified atom stereocenters. The standard InChI is InChI=1S/C18H15Cl3N2O2/c1-10-5-6-11(19)9-14(10)22-16(24)18(7-8-18)17(25)23-15-12(20)3-2-4-13(15)21/h2-6,9H,7-8H2,1H3,(H,22,24)(H,23,25). The summed E-state index contributed by atoms with van der Waals surface area (Å²) in [7, 11) is 0. The minimum absolute atomic E-state index is 0.314. The van der Waals surface area contributed by atoms with Crippen molar-refractivity contribution in [2.45, 2.75) is 19.8 Å². The smallest absolute Gasteiger partial charge is 0.240 e. The molecule has 0 bridgehead atoms. The minimum Gasteiger partial charge on any atom is -0.325 e. The summed E-state index contributed by atoms with van der Waals surface area (Å²) in [6, 6.07) is 10.1. The van der Waals surface area contributed by atoms with Crippen LogP contribution in [0.15, 0.2) is 36.4 Å². The molecule has 1 aliphatic rings. The zero-order valence-electron chi connectivity index (χ0n) is 13.3. The van der Waals surface area contributed by atoms with E-state index in [1.165, 1.54) is 0 Å². The number of anilines is 2. The Balaban J connectivity index is 1.78. The molecule has 4 nitrogen and oxygen atoms in total. The highest BCUT2D eigenvalue weighted by Gasteiger charge is 2.56. The van der Waals surface area contributed by atoms with E-state index in [0.717, 1.165) is 5.56 Å². The van der Waals surface area contributed by atoms with Gasteiger partial charge in [0.1, 0.15) is 5.41 Å². The van der Waals surface area contributed by atoms with Crippen LogP contribution in [0.25, 0.3) is 0 Å². The van der Waals surface area contributed by atoms with Gasteiger partial charge in [0.15, 0.2) is 0 Å². The Hall–Kier alpha value is -1.75. The number of nitrogens with one attached hydrogen (secondary N) is 2. The van der Waals surface area contributed by atoms with E-state index in [1.54, 1.807) is 36.4 Å². The molecule has 1 aliphatic carbocycles. The maximum Gasteiger partial charge on any atom is 0.240 e. The fourth-order valence-corrected chi connectivity index (χ4v) is 3.17. The summed E-state index contributed by atoms with van der Waals surface area (Å²) in [5.41, 5.74) is 0.654. The topological polar surface area (TPSA) is 58.2 Å². The fourth-order valence-electron chi connectivity index (χ4n) is 2.50. The number of carbonyl (C=O) groups is 2. The summed E-state index contributed by atoms with van der Waals surface area (Å²) >= 11 is 18.1. The van der Waals surface area contributed by atoms with Gasteiger partial charge < -0.3 is 10.6 Å². The van der Waals surface area contributed by atoms with Gasteiger partial charge in [-0.1, -0.05) is 46.9 Å². The van der Waals surface area contributed by atoms with Gasteiger partial charge in [0.2, 0.25) is 11.8 Å². The van der Waals surface area contributed by atoms with Crippen LogP contribution in [0.5, 0.6) is 0 Å². The molecule has 2 N–H and O–H groups in total. The first kappa shape index (κ1) is 18.1. The molecule has 0 spiro atoms. The van der Waals surface area contributed by atoms with Crippen LogP contribution < -0.4 is 10.6 Å². The molecule has 1 saturated carbocycles. The zero-order chi connectivity index (χ0) is 18.2. The summed E-state index contributed by atoms with van der Waals surface area (Å²) in [5, 5.41) is 6.64. The van der Waals surface area contributed by atoms with Gasteiger partial charge in [-0.25, -0.2) is 0 Å². The number of benzene rings is 2. The zero-order valence-corrected chi connectivity index (χ0v) is 15.6. The average Bonchev–Trinajstić information content (AvgIpc) is 3.36. The Morgan fingerprint density at radius 2 is 1.56 bits per heavy atom. The molecule has 0 atom stereocenters. The van der Waals surface area contributed by atoms with Crippen molar-refractivity contribution in [1.82, 2.24) is 0 Å². The van der Waals surface area contributed by atoms with Crippen LogP contribution in [0, 0.1) is 12.3 Å². The largest absolute Gasteiger partial charge is 0.325 e. The van der Waals surface area contributed by atoms with Crippen LogP contribution in [0.3, 0.4) is 0 Å². The van der Waals surface area contributed by atoms with E-state index in [2.05, 4.69) is 10.6 Å². The maximum absolute atomic E-state index is 12.7. The summed E-state index contributed by atoms with van der Waals surface area (Å²) < 4.78 is 0. The normalized spacial score (nSPS) is 14.7. The number of para-hydroxylation sites is 1. The molecule has 130 valence electrons. The van der Waals surface area contributed by atoms with Gasteiger partial charge >= 0.3 is 0 Å². The fraction of sp³-hybridized carbons (Fsp3) is 0.222. The van der Waals surface area contributed by atoms with E-state index in [0.29, 0.717) is 39.3 Å². The molecule has 0 aliphatic heterocycles. The molecule has 0 heterocycles. The van der Waals surface area contributed by atoms with Crippen LogP contribution in [-0.4, -0.2) is 11.8 Å². The number of aryl methyl sites for hydroxylation is 1.